The van der Waals surface area contributed by atoms with Crippen molar-refractivity contribution in [2.24, 2.45) is 0 Å². The van der Waals surface area contributed by atoms with Crippen molar-refractivity contribution in [1.29, 1.82) is 0 Å². The van der Waals surface area contributed by atoms with E-state index in [9.17, 15) is 9.18 Å². The summed E-state index contributed by atoms with van der Waals surface area (Å²) in [4.78, 5) is 12.4. The fourth-order valence-corrected chi connectivity index (χ4v) is 2.57. The number of hydrogen-bond donors (Lipinski definition) is 1. The molecule has 27 heavy (non-hydrogen) atoms. The predicted octanol–water partition coefficient (Wildman–Crippen LogP) is 6.17. The summed E-state index contributed by atoms with van der Waals surface area (Å²) in [6.45, 7) is 6.41. The van der Waals surface area contributed by atoms with E-state index >= 15 is 0 Å². The largest absolute Gasteiger partial charge is 0.457 e. The lowest BCUT2D eigenvalue weighted by Gasteiger charge is -2.19. The second kappa shape index (κ2) is 7.62. The zero-order chi connectivity index (χ0) is 19.4. The minimum Gasteiger partial charge on any atom is -0.457 e. The number of ether oxygens (including phenoxy) is 1. The number of anilines is 1. The molecule has 0 aliphatic carbocycles. The van der Waals surface area contributed by atoms with Crippen LogP contribution in [0.4, 0.5) is 10.1 Å². The van der Waals surface area contributed by atoms with E-state index in [4.69, 9.17) is 4.74 Å². The highest BCUT2D eigenvalue weighted by Gasteiger charge is 2.14. The van der Waals surface area contributed by atoms with Gasteiger partial charge in [0.1, 0.15) is 17.3 Å². The van der Waals surface area contributed by atoms with Crippen LogP contribution >= 0.6 is 0 Å². The van der Waals surface area contributed by atoms with Gasteiger partial charge >= 0.3 is 0 Å². The lowest BCUT2D eigenvalue weighted by molar-refractivity contribution is 0.102. The molecule has 4 heteroatoms. The summed E-state index contributed by atoms with van der Waals surface area (Å²) < 4.78 is 18.6. The van der Waals surface area contributed by atoms with Crippen LogP contribution in [0.1, 0.15) is 36.7 Å². The summed E-state index contributed by atoms with van der Waals surface area (Å²) in [5, 5.41) is 2.87. The molecule has 3 aromatic rings. The Balaban J connectivity index is 1.63. The number of nitrogens with one attached hydrogen (secondary N) is 1. The van der Waals surface area contributed by atoms with Gasteiger partial charge in [-0.1, -0.05) is 32.9 Å². The van der Waals surface area contributed by atoms with E-state index in [-0.39, 0.29) is 17.1 Å². The molecule has 3 rings (SSSR count). The third-order valence-electron chi connectivity index (χ3n) is 4.17. The Hall–Kier alpha value is -3.14. The molecule has 0 aromatic heterocycles. The molecule has 1 amide bonds. The van der Waals surface area contributed by atoms with Crippen LogP contribution in [0.15, 0.2) is 72.8 Å². The van der Waals surface area contributed by atoms with E-state index in [1.165, 1.54) is 17.7 Å². The molecule has 0 bridgehead atoms. The van der Waals surface area contributed by atoms with E-state index in [0.717, 1.165) is 0 Å². The maximum Gasteiger partial charge on any atom is 0.255 e. The first kappa shape index (κ1) is 18.6. The van der Waals surface area contributed by atoms with Crippen LogP contribution in [0.3, 0.4) is 0 Å². The Morgan fingerprint density at radius 2 is 1.33 bits per heavy atom. The average Bonchev–Trinajstić information content (AvgIpc) is 2.64. The van der Waals surface area contributed by atoms with Crippen molar-refractivity contribution in [2.45, 2.75) is 26.2 Å². The second-order valence-corrected chi connectivity index (χ2v) is 7.36. The summed E-state index contributed by atoms with van der Waals surface area (Å²) in [6, 6.07) is 20.5. The van der Waals surface area contributed by atoms with Gasteiger partial charge in [-0.25, -0.2) is 4.39 Å². The summed E-state index contributed by atoms with van der Waals surface area (Å²) in [5.74, 6) is 0.680. The molecule has 0 radical (unpaired) electrons. The highest BCUT2D eigenvalue weighted by Crippen LogP contribution is 2.24. The van der Waals surface area contributed by atoms with Crippen LogP contribution in [0.2, 0.25) is 0 Å². The molecule has 0 aliphatic heterocycles. The van der Waals surface area contributed by atoms with Crippen molar-refractivity contribution >= 4 is 11.6 Å². The Bertz CT molecular complexity index is 909. The lowest BCUT2D eigenvalue weighted by Crippen LogP contribution is -2.14. The standard InChI is InChI=1S/C23H22FNO2/c1-23(2,3)17-6-4-16(5-7-17)22(26)25-19-10-14-21(15-11-19)27-20-12-8-18(24)9-13-20/h4-15H,1-3H3,(H,25,26). The molecule has 0 atom stereocenters. The minimum absolute atomic E-state index is 0.0510. The van der Waals surface area contributed by atoms with Gasteiger partial charge in [0, 0.05) is 11.3 Å². The van der Waals surface area contributed by atoms with Crippen LogP contribution in [-0.4, -0.2) is 5.91 Å². The number of amides is 1. The molecule has 3 nitrogen and oxygen atoms in total. The molecule has 1 N–H and O–H groups in total. The monoisotopic (exact) mass is 363 g/mol. The van der Waals surface area contributed by atoms with Crippen LogP contribution in [-0.2, 0) is 5.41 Å². The lowest BCUT2D eigenvalue weighted by atomic mass is 9.87. The highest BCUT2D eigenvalue weighted by molar-refractivity contribution is 6.04. The van der Waals surface area contributed by atoms with Crippen molar-refractivity contribution < 1.29 is 13.9 Å². The zero-order valence-electron chi connectivity index (χ0n) is 15.6. The van der Waals surface area contributed by atoms with E-state index in [1.807, 2.05) is 24.3 Å². The van der Waals surface area contributed by atoms with Gasteiger partial charge < -0.3 is 10.1 Å². The van der Waals surface area contributed by atoms with Gasteiger partial charge in [0.25, 0.3) is 5.91 Å². The molecule has 0 saturated carbocycles. The van der Waals surface area contributed by atoms with Gasteiger partial charge in [0.2, 0.25) is 0 Å². The fraction of sp³-hybridized carbons (Fsp3) is 0.174. The van der Waals surface area contributed by atoms with E-state index in [0.29, 0.717) is 22.7 Å². The second-order valence-electron chi connectivity index (χ2n) is 7.36. The van der Waals surface area contributed by atoms with Crippen LogP contribution in [0, 0.1) is 5.82 Å². The van der Waals surface area contributed by atoms with Gasteiger partial charge in [-0.05, 0) is 71.6 Å². The first-order valence-corrected chi connectivity index (χ1v) is 8.77. The molecule has 0 heterocycles. The van der Waals surface area contributed by atoms with Gasteiger partial charge in [0.15, 0.2) is 0 Å². The van der Waals surface area contributed by atoms with Crippen molar-refractivity contribution in [3.8, 4) is 11.5 Å². The van der Waals surface area contributed by atoms with Gasteiger partial charge in [-0.2, -0.15) is 0 Å². The Labute approximate surface area is 158 Å². The Kier molecular flexibility index (Phi) is 5.26. The summed E-state index contributed by atoms with van der Waals surface area (Å²) in [5.41, 5.74) is 2.51. The first-order valence-electron chi connectivity index (χ1n) is 8.77. The van der Waals surface area contributed by atoms with Crippen molar-refractivity contribution in [3.63, 3.8) is 0 Å². The third-order valence-corrected chi connectivity index (χ3v) is 4.17. The third kappa shape index (κ3) is 4.94. The molecule has 0 aliphatic rings. The Morgan fingerprint density at radius 3 is 1.85 bits per heavy atom. The van der Waals surface area contributed by atoms with Crippen LogP contribution < -0.4 is 10.1 Å². The van der Waals surface area contributed by atoms with Gasteiger partial charge in [-0.15, -0.1) is 0 Å². The Morgan fingerprint density at radius 1 is 0.815 bits per heavy atom. The predicted molar refractivity (Wildman–Crippen MR) is 106 cm³/mol. The summed E-state index contributed by atoms with van der Waals surface area (Å²) in [7, 11) is 0. The van der Waals surface area contributed by atoms with Crippen molar-refractivity contribution in [2.75, 3.05) is 5.32 Å². The number of benzene rings is 3. The number of hydrogen-bond acceptors (Lipinski definition) is 2. The van der Waals surface area contributed by atoms with Crippen molar-refractivity contribution in [3.05, 3.63) is 89.7 Å². The van der Waals surface area contributed by atoms with Crippen molar-refractivity contribution in [1.82, 2.24) is 0 Å². The number of rotatable bonds is 4. The first-order chi connectivity index (χ1) is 12.8. The SMILES string of the molecule is CC(C)(C)c1ccc(C(=O)Nc2ccc(Oc3ccc(F)cc3)cc2)cc1. The summed E-state index contributed by atoms with van der Waals surface area (Å²) >= 11 is 0. The number of carbonyl (C=O) groups is 1. The van der Waals surface area contributed by atoms with E-state index < -0.39 is 0 Å². The zero-order valence-corrected chi connectivity index (χ0v) is 15.6. The van der Waals surface area contributed by atoms with Gasteiger partial charge in [-0.3, -0.25) is 4.79 Å². The number of halogens is 1. The quantitative estimate of drug-likeness (QED) is 0.602. The molecule has 138 valence electrons. The molecular weight excluding hydrogens is 341 g/mol. The summed E-state index contributed by atoms with van der Waals surface area (Å²) in [6.07, 6.45) is 0. The maximum atomic E-state index is 12.9. The minimum atomic E-state index is -0.309. The van der Waals surface area contributed by atoms with Crippen LogP contribution in [0.5, 0.6) is 11.5 Å². The topological polar surface area (TPSA) is 38.3 Å². The van der Waals surface area contributed by atoms with E-state index in [2.05, 4.69) is 26.1 Å². The average molecular weight is 363 g/mol. The molecular formula is C23H22FNO2. The molecule has 0 saturated heterocycles. The van der Waals surface area contributed by atoms with E-state index in [1.54, 1.807) is 36.4 Å². The highest BCUT2D eigenvalue weighted by atomic mass is 19.1. The molecule has 3 aromatic carbocycles. The maximum absolute atomic E-state index is 12.9. The molecule has 0 unspecified atom stereocenters. The number of carbonyl (C=O) groups excluding carboxylic acids is 1. The molecule has 0 fully saturated rings. The smallest absolute Gasteiger partial charge is 0.255 e. The normalized spacial score (nSPS) is 11.1. The fourth-order valence-electron chi connectivity index (χ4n) is 2.57. The van der Waals surface area contributed by atoms with Crippen LogP contribution in [0.25, 0.3) is 0 Å². The van der Waals surface area contributed by atoms with Gasteiger partial charge in [0.05, 0.1) is 0 Å². The molecule has 0 spiro atoms.